The number of nitrogens with zero attached hydrogens (tertiary/aromatic N) is 3. The van der Waals surface area contributed by atoms with E-state index in [0.717, 1.165) is 28.9 Å². The number of anilines is 3. The molecule has 4 aliphatic heterocycles. The number of hydrogen-bond donors (Lipinski definition) is 2. The Labute approximate surface area is 329 Å². The molecule has 0 aromatic heterocycles. The molecule has 3 aromatic rings. The molecular weight excluding hydrogens is 745 g/mol. The van der Waals surface area contributed by atoms with Gasteiger partial charge in [0.05, 0.1) is 42.7 Å². The maximum absolute atomic E-state index is 14.9. The molecule has 2 amide bonds. The van der Waals surface area contributed by atoms with E-state index in [1.807, 2.05) is 18.2 Å². The summed E-state index contributed by atoms with van der Waals surface area (Å²) in [6.45, 7) is 7.87. The Morgan fingerprint density at radius 3 is 2.49 bits per heavy atom. The van der Waals surface area contributed by atoms with Gasteiger partial charge in [-0.15, -0.1) is 0 Å². The molecule has 0 saturated carbocycles. The van der Waals surface area contributed by atoms with E-state index >= 15 is 0 Å². The number of hydrogen-bond acceptors (Lipinski definition) is 7. The Balaban J connectivity index is 0.986. The van der Waals surface area contributed by atoms with Gasteiger partial charge in [0.2, 0.25) is 5.91 Å². The van der Waals surface area contributed by atoms with Crippen molar-refractivity contribution in [1.82, 2.24) is 10.6 Å². The van der Waals surface area contributed by atoms with Crippen molar-refractivity contribution < 1.29 is 41.0 Å². The van der Waals surface area contributed by atoms with E-state index in [2.05, 4.69) is 15.5 Å². The minimum absolute atomic E-state index is 0.110. The SMILES string of the molecule is CC(C)(C)OC(=O)N1C[C@@H]2CC(F)(F)CN2c2cc(N3CCC4(CC3)C[C@@H](CC(=O)NC(Cc3ccc(F)c(F)c3)C3CNCCO3)c3ccc(F)cc34)ccc21. The van der Waals surface area contributed by atoms with E-state index in [1.165, 1.54) is 17.0 Å². The highest BCUT2D eigenvalue weighted by Crippen LogP contribution is 2.54. The maximum Gasteiger partial charge on any atom is 0.414 e. The van der Waals surface area contributed by atoms with Crippen molar-refractivity contribution in [2.45, 2.75) is 100 Å². The van der Waals surface area contributed by atoms with Crippen molar-refractivity contribution in [3.05, 3.63) is 88.7 Å². The number of carbonyl (C=O) groups excluding carboxylic acids is 2. The number of carbonyl (C=O) groups is 2. The summed E-state index contributed by atoms with van der Waals surface area (Å²) < 4.78 is 84.0. The van der Waals surface area contributed by atoms with Gasteiger partial charge in [-0.05, 0) is 117 Å². The second-order valence-electron chi connectivity index (χ2n) is 17.4. The summed E-state index contributed by atoms with van der Waals surface area (Å²) in [5.74, 6) is -5.48. The zero-order valence-corrected chi connectivity index (χ0v) is 32.6. The Morgan fingerprint density at radius 2 is 1.77 bits per heavy atom. The minimum Gasteiger partial charge on any atom is -0.443 e. The molecule has 3 saturated heterocycles. The molecule has 0 bridgehead atoms. The molecule has 306 valence electrons. The number of fused-ring (bicyclic) bond motifs is 5. The fourth-order valence-corrected chi connectivity index (χ4v) is 9.72. The van der Waals surface area contributed by atoms with E-state index in [-0.39, 0.29) is 55.0 Å². The Morgan fingerprint density at radius 1 is 0.982 bits per heavy atom. The highest BCUT2D eigenvalue weighted by molar-refractivity contribution is 5.95. The largest absolute Gasteiger partial charge is 0.443 e. The smallest absolute Gasteiger partial charge is 0.414 e. The summed E-state index contributed by atoms with van der Waals surface area (Å²) in [6, 6.07) is 13.2. The second kappa shape index (κ2) is 15.1. The van der Waals surface area contributed by atoms with Gasteiger partial charge in [0.1, 0.15) is 11.4 Å². The van der Waals surface area contributed by atoms with Crippen molar-refractivity contribution in [3.63, 3.8) is 0 Å². The van der Waals surface area contributed by atoms with Gasteiger partial charge in [0.25, 0.3) is 5.92 Å². The standard InChI is InChI=1S/C43H50F5N5O4/c1-41(2,3)57-40(55)52-24-30-22-43(47,48)25-53(30)37-20-29(6-9-36(37)52)51-13-10-42(11-14-51)21-27(31-7-5-28(44)19-32(31)42)18-39(54)50-35(38-23-49-12-15-56-38)17-26-4-8-33(45)34(46)16-26/h4-9,16,19-20,27,30,35,38,49H,10-15,17-18,21-25H2,1-3H3,(H,50,54)/t27-,30+,35?,38?/m1/s1. The predicted octanol–water partition coefficient (Wildman–Crippen LogP) is 7.20. The van der Waals surface area contributed by atoms with E-state index in [0.29, 0.717) is 69.0 Å². The first-order valence-corrected chi connectivity index (χ1v) is 20.0. The van der Waals surface area contributed by atoms with Crippen LogP contribution >= 0.6 is 0 Å². The minimum atomic E-state index is -2.89. The highest BCUT2D eigenvalue weighted by atomic mass is 19.3. The third-order valence-electron chi connectivity index (χ3n) is 12.3. The van der Waals surface area contributed by atoms with E-state index < -0.39 is 47.9 Å². The monoisotopic (exact) mass is 795 g/mol. The summed E-state index contributed by atoms with van der Waals surface area (Å²) in [7, 11) is 0. The van der Waals surface area contributed by atoms with Crippen LogP contribution in [0.25, 0.3) is 0 Å². The van der Waals surface area contributed by atoms with Gasteiger partial charge >= 0.3 is 6.09 Å². The van der Waals surface area contributed by atoms with Crippen LogP contribution in [0.3, 0.4) is 0 Å². The number of halogens is 5. The lowest BCUT2D eigenvalue weighted by molar-refractivity contribution is -0.123. The molecule has 2 unspecified atom stereocenters. The van der Waals surface area contributed by atoms with E-state index in [9.17, 15) is 31.5 Å². The molecule has 8 rings (SSSR count). The van der Waals surface area contributed by atoms with Crippen molar-refractivity contribution in [1.29, 1.82) is 0 Å². The molecule has 4 atom stereocenters. The van der Waals surface area contributed by atoms with Crippen LogP contribution in [0.1, 0.15) is 75.5 Å². The van der Waals surface area contributed by atoms with Gasteiger partial charge in [0, 0.05) is 51.3 Å². The molecule has 14 heteroatoms. The molecule has 0 radical (unpaired) electrons. The van der Waals surface area contributed by atoms with Gasteiger partial charge in [-0.2, -0.15) is 0 Å². The van der Waals surface area contributed by atoms with Crippen LogP contribution in [-0.4, -0.2) is 87.6 Å². The van der Waals surface area contributed by atoms with Gasteiger partial charge in [0.15, 0.2) is 11.6 Å². The second-order valence-corrected chi connectivity index (χ2v) is 17.4. The number of piperidine rings is 1. The molecule has 1 aliphatic carbocycles. The number of rotatable bonds is 7. The van der Waals surface area contributed by atoms with Gasteiger partial charge in [-0.1, -0.05) is 12.1 Å². The summed E-state index contributed by atoms with van der Waals surface area (Å²) in [4.78, 5) is 32.5. The van der Waals surface area contributed by atoms with E-state index in [1.54, 1.807) is 37.8 Å². The number of benzene rings is 3. The fraction of sp³-hybridized carbons (Fsp3) is 0.535. The highest BCUT2D eigenvalue weighted by Gasteiger charge is 2.50. The van der Waals surface area contributed by atoms with Crippen LogP contribution in [0.2, 0.25) is 0 Å². The van der Waals surface area contributed by atoms with Crippen molar-refractivity contribution in [2.24, 2.45) is 0 Å². The first-order chi connectivity index (χ1) is 27.1. The maximum atomic E-state index is 14.9. The Hall–Kier alpha value is -4.43. The average molecular weight is 796 g/mol. The zero-order valence-electron chi connectivity index (χ0n) is 32.6. The Kier molecular flexibility index (Phi) is 10.4. The molecule has 9 nitrogen and oxygen atoms in total. The topological polar surface area (TPSA) is 86.4 Å². The molecule has 3 fully saturated rings. The van der Waals surface area contributed by atoms with Crippen LogP contribution in [-0.2, 0) is 26.1 Å². The molecule has 1 spiro atoms. The normalized spacial score (nSPS) is 24.1. The fourth-order valence-electron chi connectivity index (χ4n) is 9.72. The number of nitrogens with one attached hydrogen (secondary N) is 2. The van der Waals surface area contributed by atoms with Crippen molar-refractivity contribution in [2.75, 3.05) is 60.6 Å². The van der Waals surface area contributed by atoms with Crippen LogP contribution in [0.4, 0.5) is 43.8 Å². The lowest BCUT2D eigenvalue weighted by Gasteiger charge is -2.43. The van der Waals surface area contributed by atoms with Crippen LogP contribution in [0.15, 0.2) is 54.6 Å². The molecule has 5 aliphatic rings. The third kappa shape index (κ3) is 8.17. The lowest BCUT2D eigenvalue weighted by atomic mass is 9.73. The summed E-state index contributed by atoms with van der Waals surface area (Å²) in [5, 5.41) is 6.42. The first-order valence-electron chi connectivity index (χ1n) is 20.0. The third-order valence-corrected chi connectivity index (χ3v) is 12.3. The molecular formula is C43H50F5N5O4. The van der Waals surface area contributed by atoms with Crippen LogP contribution < -0.4 is 25.3 Å². The van der Waals surface area contributed by atoms with Gasteiger partial charge in [-0.3, -0.25) is 9.69 Å². The van der Waals surface area contributed by atoms with Gasteiger partial charge < -0.3 is 29.9 Å². The molecule has 2 N–H and O–H groups in total. The first kappa shape index (κ1) is 39.4. The van der Waals surface area contributed by atoms with Crippen LogP contribution in [0, 0.1) is 17.5 Å². The molecule has 4 heterocycles. The molecule has 3 aromatic carbocycles. The zero-order chi connectivity index (χ0) is 40.3. The average Bonchev–Trinajstić information content (AvgIpc) is 3.63. The summed E-state index contributed by atoms with van der Waals surface area (Å²) in [6.07, 6.45) is 1.16. The predicted molar refractivity (Wildman–Crippen MR) is 207 cm³/mol. The summed E-state index contributed by atoms with van der Waals surface area (Å²) >= 11 is 0. The number of morpholine rings is 1. The number of amides is 2. The quantitative estimate of drug-likeness (QED) is 0.245. The number of ether oxygens (including phenoxy) is 2. The van der Waals surface area contributed by atoms with Crippen molar-refractivity contribution in [3.8, 4) is 0 Å². The molecule has 57 heavy (non-hydrogen) atoms. The number of alkyl halides is 2. The Bertz CT molecular complexity index is 2010. The van der Waals surface area contributed by atoms with Gasteiger partial charge in [-0.25, -0.2) is 26.7 Å². The lowest BCUT2D eigenvalue weighted by Crippen LogP contribution is -2.53. The van der Waals surface area contributed by atoms with Crippen molar-refractivity contribution >= 4 is 29.1 Å². The summed E-state index contributed by atoms with van der Waals surface area (Å²) in [5.41, 5.74) is 3.24. The van der Waals surface area contributed by atoms with Crippen LogP contribution in [0.5, 0.6) is 0 Å². The van der Waals surface area contributed by atoms with E-state index in [4.69, 9.17) is 9.47 Å².